The molecule has 3 rings (SSSR count). The summed E-state index contributed by atoms with van der Waals surface area (Å²) in [5, 5.41) is 3.46. The van der Waals surface area contributed by atoms with Gasteiger partial charge in [0.25, 0.3) is 0 Å². The van der Waals surface area contributed by atoms with Crippen molar-refractivity contribution in [1.29, 1.82) is 0 Å². The van der Waals surface area contributed by atoms with Crippen LogP contribution in [0.15, 0.2) is 36.4 Å². The quantitative estimate of drug-likeness (QED) is 0.653. The van der Waals surface area contributed by atoms with Crippen LogP contribution in [0.4, 0.5) is 5.00 Å². The smallest absolute Gasteiger partial charge is 0.348 e. The first kappa shape index (κ1) is 22.5. The first-order valence-electron chi connectivity index (χ1n) is 9.90. The molecule has 1 N–H and O–H groups in total. The second kappa shape index (κ2) is 9.72. The second-order valence-electron chi connectivity index (χ2n) is 7.25. The molecule has 0 bridgehead atoms. The van der Waals surface area contributed by atoms with Gasteiger partial charge >= 0.3 is 5.97 Å². The van der Waals surface area contributed by atoms with Crippen molar-refractivity contribution in [1.82, 2.24) is 4.31 Å². The lowest BCUT2D eigenvalue weighted by Crippen LogP contribution is -2.41. The molecule has 7 nitrogen and oxygen atoms in total. The Balaban J connectivity index is 1.55. The minimum atomic E-state index is -3.41. The van der Waals surface area contributed by atoms with E-state index in [-0.39, 0.29) is 17.6 Å². The maximum absolute atomic E-state index is 12.7. The Morgan fingerprint density at radius 2 is 1.87 bits per heavy atom. The molecule has 1 aliphatic rings. The largest absolute Gasteiger partial charge is 0.462 e. The van der Waals surface area contributed by atoms with E-state index in [1.54, 1.807) is 32.0 Å². The Hall–Kier alpha value is -2.23. The number of nitrogens with zero attached hydrogens (tertiary/aromatic N) is 1. The second-order valence-corrected chi connectivity index (χ2v) is 10.3. The molecule has 1 aliphatic heterocycles. The van der Waals surface area contributed by atoms with Crippen LogP contribution in [0.2, 0.25) is 0 Å². The lowest BCUT2D eigenvalue weighted by Gasteiger charge is -2.30. The van der Waals surface area contributed by atoms with Gasteiger partial charge in [0.15, 0.2) is 0 Å². The summed E-state index contributed by atoms with van der Waals surface area (Å²) in [6.45, 7) is 4.49. The van der Waals surface area contributed by atoms with Crippen molar-refractivity contribution >= 4 is 38.2 Å². The van der Waals surface area contributed by atoms with Gasteiger partial charge in [0.2, 0.25) is 15.9 Å². The molecule has 2 heterocycles. The molecule has 1 fully saturated rings. The molecule has 0 saturated carbocycles. The van der Waals surface area contributed by atoms with E-state index in [4.69, 9.17) is 4.74 Å². The van der Waals surface area contributed by atoms with Gasteiger partial charge < -0.3 is 10.1 Å². The number of nitrogens with one attached hydrogen (secondary N) is 1. The van der Waals surface area contributed by atoms with Gasteiger partial charge in [0, 0.05) is 19.0 Å². The maximum Gasteiger partial charge on any atom is 0.348 e. The average molecular weight is 451 g/mol. The van der Waals surface area contributed by atoms with Gasteiger partial charge in [-0.3, -0.25) is 4.79 Å². The Kier molecular flexibility index (Phi) is 7.27. The fourth-order valence-electron chi connectivity index (χ4n) is 3.44. The number of thiophene rings is 1. The molecule has 0 spiro atoms. The zero-order valence-corrected chi connectivity index (χ0v) is 18.7. The SMILES string of the molecule is CCOC(=O)c1sc(NC(=O)C2CCN(S(=O)(=O)Cc3ccccc3)CC2)cc1C. The van der Waals surface area contributed by atoms with Crippen molar-refractivity contribution in [2.24, 2.45) is 5.92 Å². The third kappa shape index (κ3) is 5.47. The molecule has 9 heteroatoms. The summed E-state index contributed by atoms with van der Waals surface area (Å²) in [4.78, 5) is 25.1. The maximum atomic E-state index is 12.7. The van der Waals surface area contributed by atoms with E-state index in [9.17, 15) is 18.0 Å². The van der Waals surface area contributed by atoms with Gasteiger partial charge in [-0.05, 0) is 43.9 Å². The Bertz CT molecular complexity index is 994. The van der Waals surface area contributed by atoms with Crippen molar-refractivity contribution in [3.8, 4) is 0 Å². The summed E-state index contributed by atoms with van der Waals surface area (Å²) in [7, 11) is -3.41. The van der Waals surface area contributed by atoms with Gasteiger partial charge in [-0.1, -0.05) is 30.3 Å². The van der Waals surface area contributed by atoms with Crippen LogP contribution in [0.25, 0.3) is 0 Å². The minimum Gasteiger partial charge on any atom is -0.462 e. The number of esters is 1. The van der Waals surface area contributed by atoms with Crippen LogP contribution >= 0.6 is 11.3 Å². The van der Waals surface area contributed by atoms with Crippen LogP contribution in [0.3, 0.4) is 0 Å². The Labute approximate surface area is 181 Å². The number of carbonyl (C=O) groups is 2. The average Bonchev–Trinajstić information content (AvgIpc) is 3.09. The number of piperidine rings is 1. The van der Waals surface area contributed by atoms with Crippen LogP contribution < -0.4 is 5.32 Å². The highest BCUT2D eigenvalue weighted by Crippen LogP contribution is 2.29. The van der Waals surface area contributed by atoms with Crippen molar-refractivity contribution in [2.75, 3.05) is 25.0 Å². The van der Waals surface area contributed by atoms with Crippen molar-refractivity contribution in [2.45, 2.75) is 32.4 Å². The van der Waals surface area contributed by atoms with Gasteiger partial charge in [-0.25, -0.2) is 17.5 Å². The number of ether oxygens (including phenoxy) is 1. The highest BCUT2D eigenvalue weighted by Gasteiger charge is 2.31. The number of rotatable bonds is 7. The fraction of sp³-hybridized carbons (Fsp3) is 0.429. The van der Waals surface area contributed by atoms with Gasteiger partial charge in [0.05, 0.1) is 17.4 Å². The van der Waals surface area contributed by atoms with Gasteiger partial charge in [0.1, 0.15) is 4.88 Å². The zero-order chi connectivity index (χ0) is 21.7. The molecule has 30 heavy (non-hydrogen) atoms. The molecular formula is C21H26N2O5S2. The zero-order valence-electron chi connectivity index (χ0n) is 17.1. The topological polar surface area (TPSA) is 92.8 Å². The molecule has 0 unspecified atom stereocenters. The van der Waals surface area contributed by atoms with E-state index in [0.29, 0.717) is 42.4 Å². The summed E-state index contributed by atoms with van der Waals surface area (Å²) in [5.74, 6) is -0.832. The number of anilines is 1. The van der Waals surface area contributed by atoms with E-state index >= 15 is 0 Å². The third-order valence-corrected chi connectivity index (χ3v) is 8.02. The number of hydrogen-bond donors (Lipinski definition) is 1. The first-order chi connectivity index (χ1) is 14.3. The molecule has 1 amide bonds. The number of benzene rings is 1. The predicted molar refractivity (Wildman–Crippen MR) is 117 cm³/mol. The van der Waals surface area contributed by atoms with E-state index in [0.717, 1.165) is 11.1 Å². The van der Waals surface area contributed by atoms with E-state index < -0.39 is 16.0 Å². The monoisotopic (exact) mass is 450 g/mol. The molecule has 1 aromatic carbocycles. The highest BCUT2D eigenvalue weighted by molar-refractivity contribution is 7.88. The highest BCUT2D eigenvalue weighted by atomic mass is 32.2. The third-order valence-electron chi connectivity index (χ3n) is 5.04. The normalized spacial score (nSPS) is 15.7. The standard InChI is InChI=1S/C21H26N2O5S2/c1-3-28-21(25)19-15(2)13-18(29-19)22-20(24)17-9-11-23(12-10-17)30(26,27)14-16-7-5-4-6-8-16/h4-8,13,17H,3,9-12,14H2,1-2H3,(H,22,24). The number of aryl methyl sites for hydroxylation is 1. The number of carbonyl (C=O) groups excluding carboxylic acids is 2. The Morgan fingerprint density at radius 3 is 2.50 bits per heavy atom. The van der Waals surface area contributed by atoms with Crippen molar-refractivity contribution in [3.63, 3.8) is 0 Å². The molecule has 2 aromatic rings. The lowest BCUT2D eigenvalue weighted by atomic mass is 9.97. The molecule has 0 aliphatic carbocycles. The number of sulfonamides is 1. The summed E-state index contributed by atoms with van der Waals surface area (Å²) in [6, 6.07) is 10.8. The number of amides is 1. The van der Waals surface area contributed by atoms with E-state index in [1.807, 2.05) is 18.2 Å². The van der Waals surface area contributed by atoms with Crippen LogP contribution in [-0.2, 0) is 25.3 Å². The lowest BCUT2D eigenvalue weighted by molar-refractivity contribution is -0.120. The van der Waals surface area contributed by atoms with Crippen LogP contribution in [0.5, 0.6) is 0 Å². The van der Waals surface area contributed by atoms with Gasteiger partial charge in [-0.15, -0.1) is 11.3 Å². The predicted octanol–water partition coefficient (Wildman–Crippen LogP) is 3.41. The molecule has 1 aromatic heterocycles. The van der Waals surface area contributed by atoms with Crippen LogP contribution in [0.1, 0.15) is 40.6 Å². The van der Waals surface area contributed by atoms with Crippen molar-refractivity contribution in [3.05, 3.63) is 52.4 Å². The summed E-state index contributed by atoms with van der Waals surface area (Å²) < 4.78 is 31.8. The molecular weight excluding hydrogens is 424 g/mol. The summed E-state index contributed by atoms with van der Waals surface area (Å²) in [6.07, 6.45) is 0.934. The Morgan fingerprint density at radius 1 is 1.20 bits per heavy atom. The van der Waals surface area contributed by atoms with E-state index in [2.05, 4.69) is 5.32 Å². The van der Waals surface area contributed by atoms with Gasteiger partial charge in [-0.2, -0.15) is 0 Å². The van der Waals surface area contributed by atoms with E-state index in [1.165, 1.54) is 15.6 Å². The summed E-state index contributed by atoms with van der Waals surface area (Å²) >= 11 is 1.19. The van der Waals surface area contributed by atoms with Crippen LogP contribution in [-0.4, -0.2) is 44.3 Å². The minimum absolute atomic E-state index is 0.0319. The molecule has 1 saturated heterocycles. The van der Waals surface area contributed by atoms with Crippen LogP contribution in [0, 0.1) is 12.8 Å². The molecule has 162 valence electrons. The summed E-state index contributed by atoms with van der Waals surface area (Å²) in [5.41, 5.74) is 1.51. The number of hydrogen-bond acceptors (Lipinski definition) is 6. The molecule has 0 atom stereocenters. The molecule has 0 radical (unpaired) electrons. The fourth-order valence-corrected chi connectivity index (χ4v) is 5.97. The van der Waals surface area contributed by atoms with Crippen molar-refractivity contribution < 1.29 is 22.7 Å². The first-order valence-corrected chi connectivity index (χ1v) is 12.3.